The van der Waals surface area contributed by atoms with Crippen molar-refractivity contribution in [2.24, 2.45) is 22.9 Å². The summed E-state index contributed by atoms with van der Waals surface area (Å²) in [6.45, 7) is 3.40. The third kappa shape index (κ3) is 12.3. The Hall–Kier alpha value is -6.27. The van der Waals surface area contributed by atoms with Crippen LogP contribution in [-0.4, -0.2) is 5.84 Å². The van der Waals surface area contributed by atoms with E-state index in [9.17, 15) is 0 Å². The fraction of sp³-hybridized carbons (Fsp3) is 0.0851. The lowest BCUT2D eigenvalue weighted by Gasteiger charge is -2.10. The summed E-state index contributed by atoms with van der Waals surface area (Å²) in [5.74, 6) is 0.121. The van der Waals surface area contributed by atoms with Gasteiger partial charge in [0, 0.05) is 24.4 Å². The Labute approximate surface area is 308 Å². The second kappa shape index (κ2) is 21.1. The van der Waals surface area contributed by atoms with E-state index in [0.29, 0.717) is 13.1 Å². The zero-order valence-corrected chi connectivity index (χ0v) is 29.8. The molecule has 9 N–H and O–H groups in total. The maximum Gasteiger partial charge on any atom is 0.122 e. The summed E-state index contributed by atoms with van der Waals surface area (Å²) in [6.07, 6.45) is 2.94. The van der Waals surface area contributed by atoms with E-state index < -0.39 is 0 Å². The molecule has 0 saturated carbocycles. The second-order valence-electron chi connectivity index (χ2n) is 12.1. The molecule has 0 bridgehead atoms. The Balaban J connectivity index is 0.000000165. The van der Waals surface area contributed by atoms with Crippen molar-refractivity contribution in [3.05, 3.63) is 221 Å². The lowest BCUT2D eigenvalue weighted by atomic mass is 9.95. The first-order valence-electron chi connectivity index (χ1n) is 17.4. The number of nitrogens with two attached hydrogens (primary N) is 4. The highest BCUT2D eigenvalue weighted by atomic mass is 14.7. The molecular weight excluding hydrogens is 635 g/mol. The van der Waals surface area contributed by atoms with Gasteiger partial charge in [-0.25, -0.2) is 0 Å². The fourth-order valence-corrected chi connectivity index (χ4v) is 5.41. The van der Waals surface area contributed by atoms with Gasteiger partial charge in [0.15, 0.2) is 0 Å². The van der Waals surface area contributed by atoms with Gasteiger partial charge < -0.3 is 22.9 Å². The maximum absolute atomic E-state index is 7.01. The van der Waals surface area contributed by atoms with Gasteiger partial charge in [-0.05, 0) is 63.1 Å². The molecule has 0 spiro atoms. The summed E-state index contributed by atoms with van der Waals surface area (Å²) in [4.78, 5) is 0. The number of nitrogen functional groups attached to an aromatic ring is 1. The summed E-state index contributed by atoms with van der Waals surface area (Å²) >= 11 is 0. The van der Waals surface area contributed by atoms with E-state index in [1.54, 1.807) is 0 Å². The quantitative estimate of drug-likeness (QED) is 0.0847. The number of hydrogen-bond acceptors (Lipinski definition) is 4. The second-order valence-corrected chi connectivity index (χ2v) is 12.1. The lowest BCUT2D eigenvalue weighted by Crippen LogP contribution is -2.10. The molecule has 7 rings (SSSR count). The molecule has 0 aliphatic heterocycles. The molecule has 7 aromatic carbocycles. The Bertz CT molecular complexity index is 2090. The molecule has 0 aromatic heterocycles. The molecule has 0 heterocycles. The van der Waals surface area contributed by atoms with Crippen molar-refractivity contribution in [1.29, 1.82) is 5.41 Å². The highest BCUT2D eigenvalue weighted by molar-refractivity contribution is 5.99. The van der Waals surface area contributed by atoms with Crippen LogP contribution in [0.2, 0.25) is 0 Å². The molecule has 0 unspecified atom stereocenters. The van der Waals surface area contributed by atoms with Crippen LogP contribution in [0.15, 0.2) is 188 Å². The first kappa shape index (κ1) is 38.5. The van der Waals surface area contributed by atoms with Crippen molar-refractivity contribution in [2.45, 2.75) is 26.4 Å². The molecule has 0 aliphatic rings. The summed E-state index contributed by atoms with van der Waals surface area (Å²) in [6, 6.07) is 61.0. The monoisotopic (exact) mass is 683 g/mol. The van der Waals surface area contributed by atoms with Gasteiger partial charge >= 0.3 is 0 Å². The van der Waals surface area contributed by atoms with Crippen molar-refractivity contribution in [3.8, 4) is 11.1 Å². The largest absolute Gasteiger partial charge is 0.398 e. The maximum atomic E-state index is 7.01. The van der Waals surface area contributed by atoms with Crippen LogP contribution in [0, 0.1) is 12.3 Å². The van der Waals surface area contributed by atoms with Gasteiger partial charge in [-0.1, -0.05) is 188 Å². The molecule has 262 valence electrons. The van der Waals surface area contributed by atoms with Crippen molar-refractivity contribution in [3.63, 3.8) is 0 Å². The minimum absolute atomic E-state index is 0.121. The van der Waals surface area contributed by atoms with Gasteiger partial charge in [-0.3, -0.25) is 5.41 Å². The van der Waals surface area contributed by atoms with Crippen LogP contribution < -0.4 is 22.9 Å². The summed E-state index contributed by atoms with van der Waals surface area (Å²) < 4.78 is 0. The highest BCUT2D eigenvalue weighted by Gasteiger charge is 2.05. The number of amidine groups is 1. The molecule has 52 heavy (non-hydrogen) atoms. The molecule has 5 heteroatoms. The van der Waals surface area contributed by atoms with E-state index in [4.69, 9.17) is 28.3 Å². The van der Waals surface area contributed by atoms with Crippen molar-refractivity contribution < 1.29 is 0 Å². The predicted octanol–water partition coefficient (Wildman–Crippen LogP) is 9.62. The van der Waals surface area contributed by atoms with E-state index in [1.807, 2.05) is 109 Å². The molecule has 0 atom stereocenters. The fourth-order valence-electron chi connectivity index (χ4n) is 5.41. The molecule has 0 saturated heterocycles. The van der Waals surface area contributed by atoms with Gasteiger partial charge in [0.2, 0.25) is 0 Å². The Morgan fingerprint density at radius 1 is 0.500 bits per heavy atom. The van der Waals surface area contributed by atoms with Crippen LogP contribution in [0.4, 0.5) is 0 Å². The third-order valence-electron chi connectivity index (χ3n) is 8.28. The number of fused-ring (bicyclic) bond motifs is 1. The molecule has 0 amide bonds. The van der Waals surface area contributed by atoms with Gasteiger partial charge in [0.1, 0.15) is 5.84 Å². The minimum Gasteiger partial charge on any atom is -0.398 e. The SMILES string of the molecule is Cc1cccc2cccc(-c3ccc(CN)cc3)c12.N/C(=C\Cc1ccccc1)c1ccccc1.N=C(N)c1ccccc1.NCc1ccccc1. The van der Waals surface area contributed by atoms with Crippen LogP contribution in [0.3, 0.4) is 0 Å². The first-order valence-corrected chi connectivity index (χ1v) is 17.4. The van der Waals surface area contributed by atoms with Gasteiger partial charge in [-0.15, -0.1) is 0 Å². The zero-order chi connectivity index (χ0) is 37.0. The van der Waals surface area contributed by atoms with E-state index >= 15 is 0 Å². The number of allylic oxidation sites excluding steroid dienone is 1. The molecular formula is C47H49N5. The van der Waals surface area contributed by atoms with Crippen molar-refractivity contribution in [2.75, 3.05) is 0 Å². The zero-order valence-electron chi connectivity index (χ0n) is 29.8. The normalized spacial score (nSPS) is 10.4. The average molecular weight is 684 g/mol. The Kier molecular flexibility index (Phi) is 15.6. The minimum atomic E-state index is 0.121. The molecule has 7 aromatic rings. The lowest BCUT2D eigenvalue weighted by molar-refractivity contribution is 1.07. The van der Waals surface area contributed by atoms with E-state index in [-0.39, 0.29) is 5.84 Å². The molecule has 0 aliphatic carbocycles. The number of aryl methyl sites for hydroxylation is 1. The van der Waals surface area contributed by atoms with Crippen LogP contribution in [0.1, 0.15) is 33.4 Å². The number of hydrogen-bond donors (Lipinski definition) is 5. The number of benzene rings is 7. The predicted molar refractivity (Wildman–Crippen MR) is 223 cm³/mol. The summed E-state index contributed by atoms with van der Waals surface area (Å²) in [5, 5.41) is 9.64. The smallest absolute Gasteiger partial charge is 0.122 e. The number of rotatable bonds is 7. The standard InChI is InChI=1S/C18H17N.C15H15N.C7H8N2.C7H9N/c1-13-4-2-5-16-6-3-7-17(18(13)16)15-10-8-14(12-19)9-11-15;16-15(14-9-5-2-6-10-14)12-11-13-7-3-1-4-8-13;8-7(9)6-4-2-1-3-5-6;8-6-7-4-2-1-3-5-7/h2-11H,12,19H2,1H3;1-10,12H,11,16H2;1-5H,(H3,8,9);1-5H,6,8H2/b;15-12-;;. The first-order chi connectivity index (χ1) is 25.4. The van der Waals surface area contributed by atoms with Crippen molar-refractivity contribution in [1.82, 2.24) is 0 Å². The summed E-state index contributed by atoms with van der Waals surface area (Å²) in [5.41, 5.74) is 32.4. The topological polar surface area (TPSA) is 128 Å². The van der Waals surface area contributed by atoms with Crippen LogP contribution >= 0.6 is 0 Å². The Morgan fingerprint density at radius 2 is 0.962 bits per heavy atom. The highest BCUT2D eigenvalue weighted by Crippen LogP contribution is 2.31. The Morgan fingerprint density at radius 3 is 1.44 bits per heavy atom. The summed E-state index contributed by atoms with van der Waals surface area (Å²) in [7, 11) is 0. The van der Waals surface area contributed by atoms with Gasteiger partial charge in [0.25, 0.3) is 0 Å². The van der Waals surface area contributed by atoms with Crippen molar-refractivity contribution >= 4 is 22.3 Å². The number of nitrogens with one attached hydrogen (secondary N) is 1. The van der Waals surface area contributed by atoms with Gasteiger partial charge in [0.05, 0.1) is 0 Å². The van der Waals surface area contributed by atoms with E-state index in [0.717, 1.165) is 23.2 Å². The third-order valence-corrected chi connectivity index (χ3v) is 8.28. The van der Waals surface area contributed by atoms with Crippen LogP contribution in [0.25, 0.3) is 27.6 Å². The molecule has 5 nitrogen and oxygen atoms in total. The molecule has 0 fully saturated rings. The van der Waals surface area contributed by atoms with E-state index in [1.165, 1.54) is 44.2 Å². The van der Waals surface area contributed by atoms with E-state index in [2.05, 4.69) is 85.8 Å². The molecule has 0 radical (unpaired) electrons. The van der Waals surface area contributed by atoms with Crippen LogP contribution in [-0.2, 0) is 19.5 Å². The average Bonchev–Trinajstić information content (AvgIpc) is 3.22. The van der Waals surface area contributed by atoms with Gasteiger partial charge in [-0.2, -0.15) is 0 Å². The van der Waals surface area contributed by atoms with Crippen LogP contribution in [0.5, 0.6) is 0 Å².